The van der Waals surface area contributed by atoms with E-state index in [1.165, 1.54) is 63.4 Å². The number of carbonyl (C=O) groups excluding carboxylic acids is 1. The van der Waals surface area contributed by atoms with Gasteiger partial charge >= 0.3 is 5.97 Å². The van der Waals surface area contributed by atoms with Crippen LogP contribution in [0.1, 0.15) is 120 Å². The molecule has 2 nitrogen and oxygen atoms in total. The van der Waals surface area contributed by atoms with Crippen LogP contribution < -0.4 is 0 Å². The lowest BCUT2D eigenvalue weighted by Gasteiger charge is -2.73. The Morgan fingerprint density at radius 1 is 0.765 bits per heavy atom. The van der Waals surface area contributed by atoms with Crippen molar-refractivity contribution in [3.63, 3.8) is 0 Å². The smallest absolute Gasteiger partial charge is 0.302 e. The van der Waals surface area contributed by atoms with Crippen LogP contribution >= 0.6 is 0 Å². The Hall–Kier alpha value is -0.790. The third-order valence-corrected chi connectivity index (χ3v) is 13.7. The Morgan fingerprint density at radius 3 is 2.12 bits per heavy atom. The van der Waals surface area contributed by atoms with Gasteiger partial charge in [-0.25, -0.2) is 0 Å². The normalized spacial score (nSPS) is 53.6. The summed E-state index contributed by atoms with van der Waals surface area (Å²) in [5.41, 5.74) is 3.23. The van der Waals surface area contributed by atoms with Gasteiger partial charge in [0.15, 0.2) is 0 Å². The van der Waals surface area contributed by atoms with Gasteiger partial charge in [0.1, 0.15) is 6.10 Å². The van der Waals surface area contributed by atoms with Crippen LogP contribution in [0.3, 0.4) is 0 Å². The van der Waals surface area contributed by atoms with Crippen molar-refractivity contribution in [1.82, 2.24) is 0 Å². The molecular formula is C32H52O2. The number of hydrogen-bond donors (Lipinski definition) is 0. The first-order valence-electron chi connectivity index (χ1n) is 14.5. The summed E-state index contributed by atoms with van der Waals surface area (Å²) < 4.78 is 5.91. The number of fused-ring (bicyclic) bond motifs is 7. The zero-order valence-corrected chi connectivity index (χ0v) is 23.6. The second-order valence-electron chi connectivity index (χ2n) is 15.3. The molecule has 34 heavy (non-hydrogen) atoms. The molecule has 5 fully saturated rings. The third kappa shape index (κ3) is 3.08. The fourth-order valence-electron chi connectivity index (χ4n) is 11.9. The van der Waals surface area contributed by atoms with Crippen LogP contribution in [0.2, 0.25) is 0 Å². The summed E-state index contributed by atoms with van der Waals surface area (Å²) in [6.45, 7) is 23.9. The van der Waals surface area contributed by atoms with Crippen LogP contribution in [-0.2, 0) is 9.53 Å². The van der Waals surface area contributed by atoms with Crippen LogP contribution in [0.5, 0.6) is 0 Å². The van der Waals surface area contributed by atoms with Crippen molar-refractivity contribution in [3.8, 4) is 0 Å². The summed E-state index contributed by atoms with van der Waals surface area (Å²) in [4.78, 5) is 11.9. The van der Waals surface area contributed by atoms with Crippen LogP contribution in [0.4, 0.5) is 0 Å². The number of esters is 1. The van der Waals surface area contributed by atoms with Gasteiger partial charge in [0, 0.05) is 12.3 Å². The van der Waals surface area contributed by atoms with Crippen LogP contribution in [0.15, 0.2) is 12.2 Å². The standard InChI is InChI=1S/C32H52O2/c1-20(2)22-12-15-29(6)18-19-31(8)23(27(22)29)10-11-25-30(7)16-14-26(34-21(3)33)28(4,5)24(30)13-17-32(25,31)9/h22-27H,1,10-19H2,2-9H3/t22-,23+,24-,25+,26+,27+,29-,30-,31+,32+/m0/s1. The van der Waals surface area contributed by atoms with Gasteiger partial charge in [0.2, 0.25) is 0 Å². The maximum absolute atomic E-state index is 11.9. The first-order chi connectivity index (χ1) is 15.7. The lowest BCUT2D eigenvalue weighted by Crippen LogP contribution is -2.66. The van der Waals surface area contributed by atoms with Gasteiger partial charge in [-0.1, -0.05) is 53.7 Å². The molecule has 2 heteroatoms. The summed E-state index contributed by atoms with van der Waals surface area (Å²) in [5.74, 6) is 3.74. The molecule has 0 amide bonds. The number of rotatable bonds is 2. The first-order valence-corrected chi connectivity index (χ1v) is 14.5. The van der Waals surface area contributed by atoms with Gasteiger partial charge in [-0.3, -0.25) is 4.79 Å². The van der Waals surface area contributed by atoms with Gasteiger partial charge in [0.05, 0.1) is 0 Å². The molecule has 0 bridgehead atoms. The molecule has 5 aliphatic carbocycles. The number of carbonyl (C=O) groups is 1. The molecule has 5 aliphatic rings. The highest BCUT2D eigenvalue weighted by atomic mass is 16.5. The van der Waals surface area contributed by atoms with Gasteiger partial charge in [-0.2, -0.15) is 0 Å². The predicted molar refractivity (Wildman–Crippen MR) is 140 cm³/mol. The fraction of sp³-hybridized carbons (Fsp3) is 0.906. The number of allylic oxidation sites excluding steroid dienone is 1. The molecule has 0 heterocycles. The van der Waals surface area contributed by atoms with Crippen molar-refractivity contribution in [2.24, 2.45) is 56.7 Å². The monoisotopic (exact) mass is 468 g/mol. The average Bonchev–Trinajstić information content (AvgIpc) is 3.08. The van der Waals surface area contributed by atoms with E-state index >= 15 is 0 Å². The van der Waals surface area contributed by atoms with Crippen molar-refractivity contribution in [2.45, 2.75) is 126 Å². The van der Waals surface area contributed by atoms with E-state index in [9.17, 15) is 4.79 Å². The molecule has 0 aromatic heterocycles. The van der Waals surface area contributed by atoms with Crippen LogP contribution in [0, 0.1) is 56.7 Å². The minimum atomic E-state index is -0.107. The molecule has 0 N–H and O–H groups in total. The minimum absolute atomic E-state index is 0.0550. The number of hydrogen-bond acceptors (Lipinski definition) is 2. The van der Waals surface area contributed by atoms with Crippen molar-refractivity contribution >= 4 is 5.97 Å². The zero-order valence-electron chi connectivity index (χ0n) is 23.6. The zero-order chi connectivity index (χ0) is 24.9. The Balaban J connectivity index is 1.50. The minimum Gasteiger partial charge on any atom is -0.462 e. The average molecular weight is 469 g/mol. The highest BCUT2D eigenvalue weighted by Crippen LogP contribution is 2.77. The van der Waals surface area contributed by atoms with Gasteiger partial charge in [-0.05, 0) is 122 Å². The molecule has 0 saturated heterocycles. The molecule has 10 atom stereocenters. The van der Waals surface area contributed by atoms with Crippen molar-refractivity contribution in [1.29, 1.82) is 0 Å². The highest BCUT2D eigenvalue weighted by Gasteiger charge is 2.70. The summed E-state index contributed by atoms with van der Waals surface area (Å²) in [5, 5.41) is 0. The Bertz CT molecular complexity index is 872. The molecule has 0 spiro atoms. The number of ether oxygens (including phenoxy) is 1. The fourth-order valence-corrected chi connectivity index (χ4v) is 11.9. The molecule has 0 unspecified atom stereocenters. The highest BCUT2D eigenvalue weighted by molar-refractivity contribution is 5.66. The van der Waals surface area contributed by atoms with Crippen LogP contribution in [-0.4, -0.2) is 12.1 Å². The van der Waals surface area contributed by atoms with E-state index in [1.807, 2.05) is 0 Å². The Labute approximate surface area is 210 Å². The summed E-state index contributed by atoms with van der Waals surface area (Å²) in [6, 6.07) is 0. The molecular weight excluding hydrogens is 416 g/mol. The second kappa shape index (κ2) is 7.61. The van der Waals surface area contributed by atoms with Gasteiger partial charge in [0.25, 0.3) is 0 Å². The Kier molecular flexibility index (Phi) is 5.57. The summed E-state index contributed by atoms with van der Waals surface area (Å²) >= 11 is 0. The SMILES string of the molecule is C=C(C)[C@@H]1CC[C@@]2(C)CC[C@]3(C)[C@H](CC[C@@H]4[C@@]5(C)CC[C@@H](OC(C)=O)C(C)(C)[C@@H]5CC[C@]43C)[C@@H]12. The molecule has 192 valence electrons. The lowest BCUT2D eigenvalue weighted by atomic mass is 9.32. The molecule has 0 radical (unpaired) electrons. The molecule has 0 aromatic carbocycles. The van der Waals surface area contributed by atoms with Crippen molar-refractivity contribution in [2.75, 3.05) is 0 Å². The van der Waals surface area contributed by atoms with E-state index in [0.717, 1.165) is 30.1 Å². The molecule has 5 rings (SSSR count). The Morgan fingerprint density at radius 2 is 1.47 bits per heavy atom. The van der Waals surface area contributed by atoms with E-state index in [4.69, 9.17) is 4.74 Å². The lowest BCUT2D eigenvalue weighted by molar-refractivity contribution is -0.248. The van der Waals surface area contributed by atoms with E-state index in [1.54, 1.807) is 6.92 Å². The predicted octanol–water partition coefficient (Wildman–Crippen LogP) is 8.60. The van der Waals surface area contributed by atoms with E-state index in [-0.39, 0.29) is 17.5 Å². The summed E-state index contributed by atoms with van der Waals surface area (Å²) in [7, 11) is 0. The van der Waals surface area contributed by atoms with E-state index < -0.39 is 0 Å². The van der Waals surface area contributed by atoms with Gasteiger partial charge in [-0.15, -0.1) is 0 Å². The molecule has 0 aliphatic heterocycles. The third-order valence-electron chi connectivity index (χ3n) is 13.7. The molecule has 0 aromatic rings. The maximum atomic E-state index is 11.9. The van der Waals surface area contributed by atoms with Crippen LogP contribution in [0.25, 0.3) is 0 Å². The quantitative estimate of drug-likeness (QED) is 0.299. The largest absolute Gasteiger partial charge is 0.462 e. The van der Waals surface area contributed by atoms with Crippen molar-refractivity contribution in [3.05, 3.63) is 12.2 Å². The topological polar surface area (TPSA) is 26.3 Å². The van der Waals surface area contributed by atoms with Crippen molar-refractivity contribution < 1.29 is 9.53 Å². The second-order valence-corrected chi connectivity index (χ2v) is 15.3. The van der Waals surface area contributed by atoms with Gasteiger partial charge < -0.3 is 4.74 Å². The van der Waals surface area contributed by atoms with E-state index in [2.05, 4.69) is 55.0 Å². The first kappa shape index (κ1) is 24.9. The maximum Gasteiger partial charge on any atom is 0.302 e. The molecule has 5 saturated carbocycles. The summed E-state index contributed by atoms with van der Waals surface area (Å²) in [6.07, 6.45) is 13.4. The van der Waals surface area contributed by atoms with E-state index in [0.29, 0.717) is 27.6 Å².